The molecule has 9 aromatic rings. The van der Waals surface area contributed by atoms with Gasteiger partial charge in [-0.2, -0.15) is 0 Å². The van der Waals surface area contributed by atoms with Crippen LogP contribution in [0.4, 0.5) is 17.1 Å². The standard InChI is InChI=1S/C49H31NO/c1-2-13-34(14-3-1)50(35-28-25-32(26-29-35)33-27-30-47-41(31-33)39-18-7-11-24-46(39)51-47)45-23-12-19-40-38-17-6-10-22-44(38)49(48(40)45)42-20-8-4-15-36(42)37-16-5-9-21-43(37)49/h1-31H. The fraction of sp³-hybridized carbons (Fsp3) is 0.0204. The number of anilines is 3. The molecule has 2 heteroatoms. The summed E-state index contributed by atoms with van der Waals surface area (Å²) < 4.78 is 6.13. The number of nitrogens with zero attached hydrogens (tertiary/aromatic N) is 1. The largest absolute Gasteiger partial charge is 0.456 e. The zero-order valence-electron chi connectivity index (χ0n) is 27.8. The number of furan rings is 1. The Hall–Kier alpha value is -6.64. The summed E-state index contributed by atoms with van der Waals surface area (Å²) in [5.41, 5.74) is 17.7. The van der Waals surface area contributed by atoms with Crippen molar-refractivity contribution in [3.63, 3.8) is 0 Å². The van der Waals surface area contributed by atoms with Gasteiger partial charge in [0.15, 0.2) is 0 Å². The van der Waals surface area contributed by atoms with Crippen LogP contribution in [-0.4, -0.2) is 0 Å². The molecule has 0 radical (unpaired) electrons. The van der Waals surface area contributed by atoms with Gasteiger partial charge in [-0.1, -0.05) is 140 Å². The smallest absolute Gasteiger partial charge is 0.135 e. The Bertz CT molecular complexity index is 2750. The number of fused-ring (bicyclic) bond motifs is 13. The molecule has 1 heterocycles. The van der Waals surface area contributed by atoms with E-state index in [0.29, 0.717) is 0 Å². The molecule has 2 aliphatic rings. The highest BCUT2D eigenvalue weighted by atomic mass is 16.3. The summed E-state index contributed by atoms with van der Waals surface area (Å²) >= 11 is 0. The minimum absolute atomic E-state index is 0.453. The molecule has 0 fully saturated rings. The van der Waals surface area contributed by atoms with Gasteiger partial charge in [0.05, 0.1) is 11.1 Å². The lowest BCUT2D eigenvalue weighted by molar-refractivity contribution is 0.669. The molecule has 51 heavy (non-hydrogen) atoms. The summed E-state index contributed by atoms with van der Waals surface area (Å²) in [4.78, 5) is 2.45. The van der Waals surface area contributed by atoms with Crippen LogP contribution in [0.1, 0.15) is 22.3 Å². The lowest BCUT2D eigenvalue weighted by Crippen LogP contribution is -2.28. The van der Waals surface area contributed by atoms with Crippen LogP contribution in [0.25, 0.3) is 55.3 Å². The Balaban J connectivity index is 1.13. The van der Waals surface area contributed by atoms with Gasteiger partial charge >= 0.3 is 0 Å². The molecular formula is C49H31NO. The first-order valence-electron chi connectivity index (χ1n) is 17.6. The zero-order chi connectivity index (χ0) is 33.5. The Kier molecular flexibility index (Phi) is 5.91. The fourth-order valence-electron chi connectivity index (χ4n) is 9.03. The lowest BCUT2D eigenvalue weighted by atomic mass is 9.70. The summed E-state index contributed by atoms with van der Waals surface area (Å²) in [6, 6.07) is 68.5. The number of para-hydroxylation sites is 2. The van der Waals surface area contributed by atoms with E-state index in [4.69, 9.17) is 4.42 Å². The molecule has 0 bridgehead atoms. The van der Waals surface area contributed by atoms with Crippen LogP contribution >= 0.6 is 0 Å². The van der Waals surface area contributed by atoms with Gasteiger partial charge in [-0.25, -0.2) is 0 Å². The minimum atomic E-state index is -0.453. The van der Waals surface area contributed by atoms with Crippen molar-refractivity contribution in [2.45, 2.75) is 5.41 Å². The number of rotatable bonds is 4. The third-order valence-electron chi connectivity index (χ3n) is 11.1. The summed E-state index contributed by atoms with van der Waals surface area (Å²) in [6.45, 7) is 0. The molecule has 0 saturated carbocycles. The first kappa shape index (κ1) is 28.2. The second kappa shape index (κ2) is 10.7. The molecule has 0 unspecified atom stereocenters. The third kappa shape index (κ3) is 3.87. The maximum Gasteiger partial charge on any atom is 0.135 e. The predicted octanol–water partition coefficient (Wildman–Crippen LogP) is 13.1. The van der Waals surface area contributed by atoms with E-state index in [9.17, 15) is 0 Å². The normalized spacial score (nSPS) is 13.3. The van der Waals surface area contributed by atoms with Crippen molar-refractivity contribution >= 4 is 39.0 Å². The number of benzene rings is 8. The van der Waals surface area contributed by atoms with Gasteiger partial charge < -0.3 is 9.32 Å². The predicted molar refractivity (Wildman–Crippen MR) is 210 cm³/mol. The van der Waals surface area contributed by atoms with E-state index < -0.39 is 5.41 Å². The first-order valence-corrected chi connectivity index (χ1v) is 17.6. The molecule has 8 aromatic carbocycles. The van der Waals surface area contributed by atoms with Crippen molar-refractivity contribution in [3.8, 4) is 33.4 Å². The molecule has 0 N–H and O–H groups in total. The number of hydrogen-bond acceptors (Lipinski definition) is 2. The van der Waals surface area contributed by atoms with Crippen LogP contribution in [0, 0.1) is 0 Å². The van der Waals surface area contributed by atoms with E-state index >= 15 is 0 Å². The van der Waals surface area contributed by atoms with Gasteiger partial charge in [-0.05, 0) is 98.6 Å². The van der Waals surface area contributed by atoms with Crippen molar-refractivity contribution < 1.29 is 4.42 Å². The van der Waals surface area contributed by atoms with Gasteiger partial charge in [0.25, 0.3) is 0 Å². The molecule has 2 aliphatic carbocycles. The molecule has 0 amide bonds. The molecule has 238 valence electrons. The highest BCUT2D eigenvalue weighted by Crippen LogP contribution is 2.65. The molecule has 0 aliphatic heterocycles. The molecule has 1 spiro atoms. The van der Waals surface area contributed by atoms with E-state index in [-0.39, 0.29) is 0 Å². The van der Waals surface area contributed by atoms with Gasteiger partial charge in [-0.15, -0.1) is 0 Å². The van der Waals surface area contributed by atoms with E-state index in [0.717, 1.165) is 33.3 Å². The minimum Gasteiger partial charge on any atom is -0.456 e. The quantitative estimate of drug-likeness (QED) is 0.189. The van der Waals surface area contributed by atoms with Crippen molar-refractivity contribution in [2.75, 3.05) is 4.90 Å². The van der Waals surface area contributed by atoms with Gasteiger partial charge in [0.1, 0.15) is 11.2 Å². The van der Waals surface area contributed by atoms with E-state index in [2.05, 4.69) is 181 Å². The molecule has 0 saturated heterocycles. The molecule has 0 atom stereocenters. The van der Waals surface area contributed by atoms with E-state index in [1.807, 2.05) is 12.1 Å². The topological polar surface area (TPSA) is 16.4 Å². The van der Waals surface area contributed by atoms with Gasteiger partial charge in [0.2, 0.25) is 0 Å². The summed E-state index contributed by atoms with van der Waals surface area (Å²) in [5, 5.41) is 2.28. The highest BCUT2D eigenvalue weighted by Gasteiger charge is 2.53. The highest BCUT2D eigenvalue weighted by molar-refractivity contribution is 6.06. The SMILES string of the molecule is c1ccc(N(c2ccc(-c3ccc4oc5ccccc5c4c3)cc2)c2cccc3c2C2(c4ccccc4-c4ccccc42)c2ccccc2-3)cc1. The van der Waals surface area contributed by atoms with Crippen molar-refractivity contribution in [1.29, 1.82) is 0 Å². The maximum atomic E-state index is 6.13. The Morgan fingerprint density at radius 2 is 0.902 bits per heavy atom. The number of hydrogen-bond donors (Lipinski definition) is 0. The summed E-state index contributed by atoms with van der Waals surface area (Å²) in [5.74, 6) is 0. The fourth-order valence-corrected chi connectivity index (χ4v) is 9.03. The summed E-state index contributed by atoms with van der Waals surface area (Å²) in [7, 11) is 0. The average molecular weight is 650 g/mol. The second-order valence-corrected chi connectivity index (χ2v) is 13.6. The second-order valence-electron chi connectivity index (χ2n) is 13.6. The lowest BCUT2D eigenvalue weighted by Gasteiger charge is -2.35. The van der Waals surface area contributed by atoms with Gasteiger partial charge in [-0.3, -0.25) is 0 Å². The van der Waals surface area contributed by atoms with Crippen LogP contribution < -0.4 is 4.90 Å². The monoisotopic (exact) mass is 649 g/mol. The van der Waals surface area contributed by atoms with Crippen molar-refractivity contribution in [1.82, 2.24) is 0 Å². The van der Waals surface area contributed by atoms with Crippen LogP contribution in [0.3, 0.4) is 0 Å². The molecule has 1 aromatic heterocycles. The third-order valence-corrected chi connectivity index (χ3v) is 11.1. The zero-order valence-corrected chi connectivity index (χ0v) is 27.8. The molecule has 2 nitrogen and oxygen atoms in total. The molecular weight excluding hydrogens is 619 g/mol. The van der Waals surface area contributed by atoms with Crippen molar-refractivity contribution in [2.24, 2.45) is 0 Å². The summed E-state index contributed by atoms with van der Waals surface area (Å²) in [6.07, 6.45) is 0. The van der Waals surface area contributed by atoms with E-state index in [1.165, 1.54) is 61.3 Å². The van der Waals surface area contributed by atoms with Crippen LogP contribution in [0.2, 0.25) is 0 Å². The van der Waals surface area contributed by atoms with E-state index in [1.54, 1.807) is 0 Å². The Labute approximate surface area is 296 Å². The van der Waals surface area contributed by atoms with Gasteiger partial charge in [0, 0.05) is 27.7 Å². The Morgan fingerprint density at radius 1 is 0.373 bits per heavy atom. The van der Waals surface area contributed by atoms with Crippen LogP contribution in [-0.2, 0) is 5.41 Å². The average Bonchev–Trinajstić information content (AvgIpc) is 3.83. The Morgan fingerprint density at radius 3 is 1.61 bits per heavy atom. The van der Waals surface area contributed by atoms with Crippen molar-refractivity contribution in [3.05, 3.63) is 210 Å². The maximum absolute atomic E-state index is 6.13. The van der Waals surface area contributed by atoms with Crippen LogP contribution in [0.15, 0.2) is 192 Å². The van der Waals surface area contributed by atoms with Crippen LogP contribution in [0.5, 0.6) is 0 Å². The molecule has 11 rings (SSSR count). The first-order chi connectivity index (χ1) is 25.3.